The predicted molar refractivity (Wildman–Crippen MR) is 85.7 cm³/mol. The minimum Gasteiger partial charge on any atom is -0.325 e. The molecule has 0 aliphatic rings. The van der Waals surface area contributed by atoms with Crippen molar-refractivity contribution in [1.29, 1.82) is 0 Å². The van der Waals surface area contributed by atoms with Gasteiger partial charge in [0.15, 0.2) is 0 Å². The predicted octanol–water partition coefficient (Wildman–Crippen LogP) is 3.73. The van der Waals surface area contributed by atoms with Crippen LogP contribution in [-0.2, 0) is 11.2 Å². The summed E-state index contributed by atoms with van der Waals surface area (Å²) in [5, 5.41) is 2.88. The molecule has 0 aliphatic heterocycles. The van der Waals surface area contributed by atoms with E-state index < -0.39 is 6.04 Å². The van der Waals surface area contributed by atoms with Crippen molar-refractivity contribution in [2.75, 3.05) is 5.32 Å². The molecule has 0 heterocycles. The zero-order valence-electron chi connectivity index (χ0n) is 13.2. The fraction of sp³-hybridized carbons (Fsp3) is 0.588. The number of nitrogens with one attached hydrogen (secondary N) is 1. The number of carbonyl (C=O) groups is 1. The van der Waals surface area contributed by atoms with Gasteiger partial charge in [-0.05, 0) is 36.0 Å². The fourth-order valence-corrected chi connectivity index (χ4v) is 1.95. The van der Waals surface area contributed by atoms with E-state index in [1.807, 2.05) is 32.9 Å². The smallest absolute Gasteiger partial charge is 0.241 e. The van der Waals surface area contributed by atoms with E-state index in [1.165, 1.54) is 24.8 Å². The molecule has 0 saturated heterocycles. The molecule has 112 valence electrons. The van der Waals surface area contributed by atoms with Crippen LogP contribution in [0.2, 0.25) is 0 Å². The first-order valence-corrected chi connectivity index (χ1v) is 7.50. The minimum absolute atomic E-state index is 0.128. The van der Waals surface area contributed by atoms with Crippen molar-refractivity contribution in [1.82, 2.24) is 0 Å². The van der Waals surface area contributed by atoms with Crippen LogP contribution in [0.25, 0.3) is 0 Å². The highest BCUT2D eigenvalue weighted by molar-refractivity contribution is 5.95. The van der Waals surface area contributed by atoms with Gasteiger partial charge in [0.2, 0.25) is 5.91 Å². The molecule has 1 atom stereocenters. The number of carbonyl (C=O) groups excluding carboxylic acids is 1. The van der Waals surface area contributed by atoms with Crippen molar-refractivity contribution >= 4 is 11.6 Å². The Balaban J connectivity index is 2.55. The number of aryl methyl sites for hydroxylation is 1. The number of rotatable bonds is 6. The summed E-state index contributed by atoms with van der Waals surface area (Å²) in [7, 11) is 0. The lowest BCUT2D eigenvalue weighted by Gasteiger charge is -2.25. The second kappa shape index (κ2) is 7.44. The average Bonchev–Trinajstić information content (AvgIpc) is 2.39. The molecule has 3 nitrogen and oxygen atoms in total. The Labute approximate surface area is 122 Å². The minimum atomic E-state index is -0.508. The molecule has 0 spiro atoms. The summed E-state index contributed by atoms with van der Waals surface area (Å²) in [4.78, 5) is 12.0. The lowest BCUT2D eigenvalue weighted by molar-refractivity contribution is -0.119. The van der Waals surface area contributed by atoms with E-state index in [9.17, 15) is 4.79 Å². The van der Waals surface area contributed by atoms with E-state index in [-0.39, 0.29) is 11.3 Å². The van der Waals surface area contributed by atoms with Gasteiger partial charge < -0.3 is 11.1 Å². The standard InChI is InChI=1S/C17H28N2O/c1-5-6-7-8-13-9-11-14(12-10-13)19-16(20)15(18)17(2,3)4/h9-12,15H,5-8,18H2,1-4H3,(H,19,20)/t15-/m1/s1. The van der Waals surface area contributed by atoms with Crippen molar-refractivity contribution in [3.63, 3.8) is 0 Å². The molecule has 1 aromatic rings. The number of nitrogens with two attached hydrogens (primary N) is 1. The van der Waals surface area contributed by atoms with Crippen LogP contribution < -0.4 is 11.1 Å². The Kier molecular flexibility index (Phi) is 6.21. The normalized spacial score (nSPS) is 13.1. The van der Waals surface area contributed by atoms with Crippen LogP contribution in [0.3, 0.4) is 0 Å². The summed E-state index contributed by atoms with van der Waals surface area (Å²) in [5.74, 6) is -0.128. The summed E-state index contributed by atoms with van der Waals surface area (Å²) in [6, 6.07) is 7.55. The molecule has 0 unspecified atom stereocenters. The number of amides is 1. The highest BCUT2D eigenvalue weighted by Crippen LogP contribution is 2.19. The molecule has 1 rings (SSSR count). The first kappa shape index (κ1) is 16.7. The molecule has 0 saturated carbocycles. The number of anilines is 1. The first-order valence-electron chi connectivity index (χ1n) is 7.50. The van der Waals surface area contributed by atoms with E-state index in [4.69, 9.17) is 5.73 Å². The SMILES string of the molecule is CCCCCc1ccc(NC(=O)[C@@H](N)C(C)(C)C)cc1. The zero-order valence-corrected chi connectivity index (χ0v) is 13.2. The molecular weight excluding hydrogens is 248 g/mol. The second-order valence-corrected chi connectivity index (χ2v) is 6.49. The Morgan fingerprint density at radius 2 is 1.80 bits per heavy atom. The summed E-state index contributed by atoms with van der Waals surface area (Å²) < 4.78 is 0. The fourth-order valence-electron chi connectivity index (χ4n) is 1.95. The van der Waals surface area contributed by atoms with Gasteiger partial charge in [0.1, 0.15) is 0 Å². The quantitative estimate of drug-likeness (QED) is 0.778. The number of hydrogen-bond donors (Lipinski definition) is 2. The van der Waals surface area contributed by atoms with Crippen LogP contribution in [-0.4, -0.2) is 11.9 Å². The monoisotopic (exact) mass is 276 g/mol. The van der Waals surface area contributed by atoms with Gasteiger partial charge in [0.25, 0.3) is 0 Å². The average molecular weight is 276 g/mol. The van der Waals surface area contributed by atoms with Gasteiger partial charge in [0.05, 0.1) is 6.04 Å². The topological polar surface area (TPSA) is 55.1 Å². The summed E-state index contributed by atoms with van der Waals surface area (Å²) in [5.41, 5.74) is 7.84. The van der Waals surface area contributed by atoms with Gasteiger partial charge in [-0.15, -0.1) is 0 Å². The van der Waals surface area contributed by atoms with E-state index in [0.717, 1.165) is 12.1 Å². The van der Waals surface area contributed by atoms with Crippen molar-refractivity contribution in [2.24, 2.45) is 11.1 Å². The second-order valence-electron chi connectivity index (χ2n) is 6.49. The van der Waals surface area contributed by atoms with E-state index in [1.54, 1.807) is 0 Å². The molecule has 0 aromatic heterocycles. The summed E-state index contributed by atoms with van der Waals surface area (Å²) >= 11 is 0. The van der Waals surface area contributed by atoms with Crippen LogP contribution in [0.4, 0.5) is 5.69 Å². The molecule has 0 bridgehead atoms. The van der Waals surface area contributed by atoms with Gasteiger partial charge in [-0.3, -0.25) is 4.79 Å². The Hall–Kier alpha value is -1.35. The van der Waals surface area contributed by atoms with Crippen LogP contribution >= 0.6 is 0 Å². The molecule has 3 heteroatoms. The lowest BCUT2D eigenvalue weighted by atomic mass is 9.87. The Morgan fingerprint density at radius 1 is 1.20 bits per heavy atom. The van der Waals surface area contributed by atoms with E-state index in [0.29, 0.717) is 0 Å². The lowest BCUT2D eigenvalue weighted by Crippen LogP contribution is -2.45. The maximum atomic E-state index is 12.0. The molecule has 1 amide bonds. The summed E-state index contributed by atoms with van der Waals surface area (Å²) in [6.07, 6.45) is 4.82. The molecular formula is C17H28N2O. The summed E-state index contributed by atoms with van der Waals surface area (Å²) in [6.45, 7) is 8.10. The maximum Gasteiger partial charge on any atom is 0.241 e. The third kappa shape index (κ3) is 5.33. The van der Waals surface area contributed by atoms with Crippen molar-refractivity contribution in [3.05, 3.63) is 29.8 Å². The van der Waals surface area contributed by atoms with E-state index in [2.05, 4.69) is 24.4 Å². The zero-order chi connectivity index (χ0) is 15.2. The molecule has 20 heavy (non-hydrogen) atoms. The number of hydrogen-bond acceptors (Lipinski definition) is 2. The van der Waals surface area contributed by atoms with Gasteiger partial charge in [-0.2, -0.15) is 0 Å². The third-order valence-corrected chi connectivity index (χ3v) is 3.51. The Morgan fingerprint density at radius 3 is 2.30 bits per heavy atom. The van der Waals surface area contributed by atoms with Crippen molar-refractivity contribution in [3.8, 4) is 0 Å². The van der Waals surface area contributed by atoms with Gasteiger partial charge in [0, 0.05) is 5.69 Å². The number of unbranched alkanes of at least 4 members (excludes halogenated alkanes) is 2. The Bertz CT molecular complexity index is 418. The van der Waals surface area contributed by atoms with Gasteiger partial charge in [-0.1, -0.05) is 52.7 Å². The van der Waals surface area contributed by atoms with Crippen molar-refractivity contribution in [2.45, 2.75) is 59.4 Å². The van der Waals surface area contributed by atoms with Crippen LogP contribution in [0.1, 0.15) is 52.5 Å². The highest BCUT2D eigenvalue weighted by atomic mass is 16.2. The maximum absolute atomic E-state index is 12.0. The van der Waals surface area contributed by atoms with E-state index >= 15 is 0 Å². The van der Waals surface area contributed by atoms with Gasteiger partial charge in [-0.25, -0.2) is 0 Å². The van der Waals surface area contributed by atoms with Gasteiger partial charge >= 0.3 is 0 Å². The van der Waals surface area contributed by atoms with Crippen LogP contribution in [0.5, 0.6) is 0 Å². The van der Waals surface area contributed by atoms with Crippen LogP contribution in [0.15, 0.2) is 24.3 Å². The highest BCUT2D eigenvalue weighted by Gasteiger charge is 2.27. The van der Waals surface area contributed by atoms with Crippen LogP contribution in [0, 0.1) is 5.41 Å². The number of benzene rings is 1. The third-order valence-electron chi connectivity index (χ3n) is 3.51. The van der Waals surface area contributed by atoms with Crippen molar-refractivity contribution < 1.29 is 4.79 Å². The molecule has 1 aromatic carbocycles. The first-order chi connectivity index (χ1) is 9.34. The molecule has 3 N–H and O–H groups in total. The largest absolute Gasteiger partial charge is 0.325 e. The molecule has 0 fully saturated rings. The molecule has 0 radical (unpaired) electrons. The molecule has 0 aliphatic carbocycles.